The summed E-state index contributed by atoms with van der Waals surface area (Å²) in [6.45, 7) is 3.84. The van der Waals surface area contributed by atoms with Crippen molar-refractivity contribution in [2.45, 2.75) is 192 Å². The van der Waals surface area contributed by atoms with Gasteiger partial charge in [0.2, 0.25) is 0 Å². The van der Waals surface area contributed by atoms with Gasteiger partial charge in [0.05, 0.1) is 24.9 Å². The molecule has 0 spiro atoms. The molecule has 1 fully saturated rings. The Balaban J connectivity index is 2.13. The van der Waals surface area contributed by atoms with Crippen LogP contribution in [0, 0.1) is 11.8 Å². The van der Waals surface area contributed by atoms with Crippen molar-refractivity contribution in [2.75, 3.05) is 13.2 Å². The van der Waals surface area contributed by atoms with E-state index < -0.39 is 37.0 Å². The molecule has 0 radical (unpaired) electrons. The van der Waals surface area contributed by atoms with Crippen molar-refractivity contribution in [1.29, 1.82) is 0 Å². The molecular formula is C40H72O8. The van der Waals surface area contributed by atoms with Gasteiger partial charge in [-0.25, -0.2) is 0 Å². The van der Waals surface area contributed by atoms with Crippen LogP contribution in [0.2, 0.25) is 0 Å². The number of aliphatic hydroxyl groups is 4. The molecule has 1 rings (SSSR count). The van der Waals surface area contributed by atoms with Gasteiger partial charge in [0.25, 0.3) is 0 Å². The molecule has 0 heterocycles. The first-order chi connectivity index (χ1) is 23.3. The number of carbonyl (C=O) groups is 2. The Kier molecular flexibility index (Phi) is 27.8. The van der Waals surface area contributed by atoms with Gasteiger partial charge >= 0.3 is 11.9 Å². The zero-order valence-electron chi connectivity index (χ0n) is 30.6. The van der Waals surface area contributed by atoms with Crippen LogP contribution in [0.15, 0.2) is 24.3 Å². The van der Waals surface area contributed by atoms with E-state index in [2.05, 4.69) is 13.8 Å². The van der Waals surface area contributed by atoms with Crippen LogP contribution in [0.25, 0.3) is 0 Å². The van der Waals surface area contributed by atoms with Crippen LogP contribution in [0.1, 0.15) is 168 Å². The fraction of sp³-hybridized carbons (Fsp3) is 0.850. The van der Waals surface area contributed by atoms with E-state index in [1.165, 1.54) is 70.6 Å². The smallest absolute Gasteiger partial charge is 0.306 e. The Morgan fingerprint density at radius 3 is 1.90 bits per heavy atom. The molecular weight excluding hydrogens is 608 g/mol. The fourth-order valence-corrected chi connectivity index (χ4v) is 6.49. The number of ether oxygens (including phenoxy) is 2. The molecule has 4 N–H and O–H groups in total. The molecule has 1 aliphatic rings. The Labute approximate surface area is 292 Å². The third-order valence-corrected chi connectivity index (χ3v) is 9.57. The fourth-order valence-electron chi connectivity index (χ4n) is 6.49. The largest absolute Gasteiger partial charge is 0.462 e. The van der Waals surface area contributed by atoms with Crippen LogP contribution < -0.4 is 0 Å². The molecule has 1 aliphatic carbocycles. The maximum Gasteiger partial charge on any atom is 0.306 e. The van der Waals surface area contributed by atoms with Crippen molar-refractivity contribution in [3.63, 3.8) is 0 Å². The lowest BCUT2D eigenvalue weighted by molar-refractivity contribution is -0.161. The van der Waals surface area contributed by atoms with E-state index in [-0.39, 0.29) is 30.8 Å². The first kappa shape index (κ1) is 44.3. The van der Waals surface area contributed by atoms with E-state index in [0.29, 0.717) is 38.5 Å². The van der Waals surface area contributed by atoms with Gasteiger partial charge < -0.3 is 29.9 Å². The number of rotatable bonds is 31. The van der Waals surface area contributed by atoms with Crippen molar-refractivity contribution in [3.8, 4) is 0 Å². The summed E-state index contributed by atoms with van der Waals surface area (Å²) in [6.07, 6.45) is 29.0. The van der Waals surface area contributed by atoms with Gasteiger partial charge in [0.15, 0.2) is 6.10 Å². The predicted octanol–water partition coefficient (Wildman–Crippen LogP) is 8.28. The second-order valence-electron chi connectivity index (χ2n) is 14.0. The molecule has 0 amide bonds. The van der Waals surface area contributed by atoms with Crippen molar-refractivity contribution >= 4 is 11.9 Å². The number of aliphatic hydroxyl groups excluding tert-OH is 4. The normalized spacial score (nSPS) is 20.9. The van der Waals surface area contributed by atoms with Crippen LogP contribution in [0.3, 0.4) is 0 Å². The third kappa shape index (κ3) is 22.8. The van der Waals surface area contributed by atoms with Gasteiger partial charge in [0, 0.05) is 25.2 Å². The minimum Gasteiger partial charge on any atom is -0.462 e. The molecule has 0 aromatic heterocycles. The highest BCUT2D eigenvalue weighted by Crippen LogP contribution is 2.36. The number of hydrogen-bond acceptors (Lipinski definition) is 8. The average molecular weight is 681 g/mol. The topological polar surface area (TPSA) is 134 Å². The molecule has 0 aromatic carbocycles. The zero-order valence-corrected chi connectivity index (χ0v) is 30.6. The molecule has 280 valence electrons. The summed E-state index contributed by atoms with van der Waals surface area (Å²) >= 11 is 0. The molecule has 0 bridgehead atoms. The van der Waals surface area contributed by atoms with Crippen molar-refractivity contribution in [1.82, 2.24) is 0 Å². The maximum atomic E-state index is 12.3. The van der Waals surface area contributed by atoms with E-state index in [1.54, 1.807) is 6.08 Å². The molecule has 0 saturated heterocycles. The Morgan fingerprint density at radius 1 is 0.729 bits per heavy atom. The predicted molar refractivity (Wildman–Crippen MR) is 193 cm³/mol. The van der Waals surface area contributed by atoms with Gasteiger partial charge in [-0.2, -0.15) is 0 Å². The minimum atomic E-state index is -0.862. The average Bonchev–Trinajstić information content (AvgIpc) is 3.34. The van der Waals surface area contributed by atoms with Gasteiger partial charge in [-0.3, -0.25) is 9.59 Å². The SMILES string of the molecule is CCCCCCCCCCCCCCCCC(=O)OC[C@H](CO)OC(=O)CCC/C=C/C[C@@H]1[C@@H](/C=C/[C@@H](O)CCCCC)[C@H](O)C[C@@H]1O. The Morgan fingerprint density at radius 2 is 1.29 bits per heavy atom. The molecule has 0 unspecified atom stereocenters. The van der Waals surface area contributed by atoms with E-state index in [0.717, 1.165) is 38.5 Å². The summed E-state index contributed by atoms with van der Waals surface area (Å²) in [4.78, 5) is 24.4. The van der Waals surface area contributed by atoms with Crippen molar-refractivity contribution < 1.29 is 39.5 Å². The summed E-state index contributed by atoms with van der Waals surface area (Å²) in [5, 5.41) is 40.7. The van der Waals surface area contributed by atoms with Gasteiger partial charge in [0.1, 0.15) is 6.61 Å². The second-order valence-corrected chi connectivity index (χ2v) is 14.0. The second kappa shape index (κ2) is 30.1. The van der Waals surface area contributed by atoms with Crippen LogP contribution in [0.5, 0.6) is 0 Å². The van der Waals surface area contributed by atoms with E-state index in [1.807, 2.05) is 18.2 Å². The monoisotopic (exact) mass is 681 g/mol. The summed E-state index contributed by atoms with van der Waals surface area (Å²) in [5.74, 6) is -1.09. The molecule has 6 atom stereocenters. The van der Waals surface area contributed by atoms with Crippen LogP contribution in [-0.4, -0.2) is 70.0 Å². The number of esters is 2. The van der Waals surface area contributed by atoms with Gasteiger partial charge in [-0.05, 0) is 38.0 Å². The van der Waals surface area contributed by atoms with Crippen LogP contribution in [0.4, 0.5) is 0 Å². The molecule has 0 aliphatic heterocycles. The summed E-state index contributed by atoms with van der Waals surface area (Å²) < 4.78 is 10.6. The van der Waals surface area contributed by atoms with E-state index >= 15 is 0 Å². The van der Waals surface area contributed by atoms with Crippen molar-refractivity contribution in [3.05, 3.63) is 24.3 Å². The van der Waals surface area contributed by atoms with E-state index in [4.69, 9.17) is 9.47 Å². The number of carbonyl (C=O) groups excluding carboxylic acids is 2. The maximum absolute atomic E-state index is 12.3. The lowest BCUT2D eigenvalue weighted by Crippen LogP contribution is -2.28. The number of unbranched alkanes of at least 4 members (excludes halogenated alkanes) is 16. The molecule has 1 saturated carbocycles. The molecule has 8 heteroatoms. The van der Waals surface area contributed by atoms with Gasteiger partial charge in [-0.1, -0.05) is 141 Å². The molecule has 8 nitrogen and oxygen atoms in total. The highest BCUT2D eigenvalue weighted by atomic mass is 16.6. The first-order valence-corrected chi connectivity index (χ1v) is 19.7. The van der Waals surface area contributed by atoms with Crippen LogP contribution >= 0.6 is 0 Å². The lowest BCUT2D eigenvalue weighted by atomic mass is 9.89. The quantitative estimate of drug-likeness (QED) is 0.0327. The first-order valence-electron chi connectivity index (χ1n) is 19.7. The Hall–Kier alpha value is -1.74. The Bertz CT molecular complexity index is 843. The minimum absolute atomic E-state index is 0.122. The molecule has 48 heavy (non-hydrogen) atoms. The third-order valence-electron chi connectivity index (χ3n) is 9.57. The lowest BCUT2D eigenvalue weighted by Gasteiger charge is -2.19. The van der Waals surface area contributed by atoms with E-state index in [9.17, 15) is 30.0 Å². The highest BCUT2D eigenvalue weighted by Gasteiger charge is 2.39. The summed E-state index contributed by atoms with van der Waals surface area (Å²) in [6, 6.07) is 0. The standard InChI is InChI=1S/C40H72O8/c1-3-5-7-8-9-10-11-12-13-14-15-16-17-22-26-39(45)47-32-34(31-41)48-40(46)27-23-19-18-21-25-35-36(38(44)30-37(35)43)29-28-33(42)24-20-6-4-2/h18,21,28-29,33-38,41-44H,3-17,19-20,22-27,30-32H2,1-2H3/b21-18+,29-28+/t33-,34-,35+,36+,37-,38+/m0/s1. The van der Waals surface area contributed by atoms with Crippen LogP contribution in [-0.2, 0) is 19.1 Å². The number of hydrogen-bond donors (Lipinski definition) is 4. The van der Waals surface area contributed by atoms with Gasteiger partial charge in [-0.15, -0.1) is 0 Å². The zero-order chi connectivity index (χ0) is 35.2. The summed E-state index contributed by atoms with van der Waals surface area (Å²) in [7, 11) is 0. The molecule has 0 aromatic rings. The van der Waals surface area contributed by atoms with Crippen molar-refractivity contribution in [2.24, 2.45) is 11.8 Å². The highest BCUT2D eigenvalue weighted by molar-refractivity contribution is 5.70. The number of allylic oxidation sites excluding steroid dienone is 2. The summed E-state index contributed by atoms with van der Waals surface area (Å²) in [5.41, 5.74) is 0.